The minimum Gasteiger partial charge on any atom is -0.395 e. The van der Waals surface area contributed by atoms with Gasteiger partial charge in [-0.3, -0.25) is 9.69 Å². The van der Waals surface area contributed by atoms with E-state index in [-0.39, 0.29) is 12.5 Å². The van der Waals surface area contributed by atoms with Crippen LogP contribution < -0.4 is 20.9 Å². The average Bonchev–Trinajstić information content (AvgIpc) is 3.00. The number of aliphatic hydroxyl groups is 1. The van der Waals surface area contributed by atoms with Crippen molar-refractivity contribution in [3.05, 3.63) is 64.8 Å². The number of anilines is 5. The van der Waals surface area contributed by atoms with Gasteiger partial charge in [0, 0.05) is 51.6 Å². The minimum absolute atomic E-state index is 0.149. The van der Waals surface area contributed by atoms with Gasteiger partial charge in [-0.05, 0) is 29.8 Å². The van der Waals surface area contributed by atoms with Crippen molar-refractivity contribution in [3.8, 4) is 0 Å². The van der Waals surface area contributed by atoms with Crippen LogP contribution in [0.25, 0.3) is 0 Å². The molecule has 4 rings (SSSR count). The van der Waals surface area contributed by atoms with Gasteiger partial charge < -0.3 is 26.0 Å². The molecule has 3 aromatic rings. The number of hydrogen-bond donors (Lipinski definition) is 4. The van der Waals surface area contributed by atoms with Crippen molar-refractivity contribution in [2.45, 2.75) is 6.54 Å². The molecule has 1 aliphatic heterocycles. The number of benzene rings is 2. The van der Waals surface area contributed by atoms with Gasteiger partial charge >= 0.3 is 0 Å². The van der Waals surface area contributed by atoms with Crippen molar-refractivity contribution in [3.63, 3.8) is 0 Å². The Kier molecular flexibility index (Phi) is 7.46. The van der Waals surface area contributed by atoms with Gasteiger partial charge in [-0.1, -0.05) is 29.8 Å². The molecule has 10 heteroatoms. The second-order valence-electron chi connectivity index (χ2n) is 8.03. The monoisotopic (exact) mass is 481 g/mol. The third-order valence-corrected chi connectivity index (χ3v) is 5.99. The smallest absolute Gasteiger partial charge is 0.253 e. The highest BCUT2D eigenvalue weighted by Gasteiger charge is 2.18. The zero-order chi connectivity index (χ0) is 24.1. The van der Waals surface area contributed by atoms with Crippen LogP contribution in [0.15, 0.2) is 48.7 Å². The van der Waals surface area contributed by atoms with Crippen LogP contribution in [0.5, 0.6) is 0 Å². The lowest BCUT2D eigenvalue weighted by Crippen LogP contribution is -2.31. The Morgan fingerprint density at radius 1 is 1.18 bits per heavy atom. The molecule has 2 heterocycles. The molecule has 0 fully saturated rings. The molecule has 0 saturated carbocycles. The van der Waals surface area contributed by atoms with E-state index in [4.69, 9.17) is 11.6 Å². The van der Waals surface area contributed by atoms with Crippen LogP contribution in [0.3, 0.4) is 0 Å². The van der Waals surface area contributed by atoms with Crippen LogP contribution in [-0.2, 0) is 6.54 Å². The number of aliphatic hydroxyl groups excluding tert-OH is 1. The predicted molar refractivity (Wildman–Crippen MR) is 136 cm³/mol. The van der Waals surface area contributed by atoms with Crippen molar-refractivity contribution in [2.24, 2.45) is 0 Å². The molecule has 0 aliphatic carbocycles. The van der Waals surface area contributed by atoms with E-state index in [2.05, 4.69) is 54.9 Å². The molecular weight excluding hydrogens is 454 g/mol. The molecular formula is C24H28ClN7O2. The van der Waals surface area contributed by atoms with Crippen LogP contribution >= 0.6 is 11.6 Å². The van der Waals surface area contributed by atoms with E-state index in [9.17, 15) is 9.90 Å². The molecule has 0 atom stereocenters. The summed E-state index contributed by atoms with van der Waals surface area (Å²) in [6.45, 7) is 3.35. The summed E-state index contributed by atoms with van der Waals surface area (Å²) < 4.78 is 0. The van der Waals surface area contributed by atoms with Crippen LogP contribution in [0.4, 0.5) is 28.8 Å². The molecule has 0 unspecified atom stereocenters. The number of nitrogens with one attached hydrogen (secondary N) is 3. The number of halogens is 1. The van der Waals surface area contributed by atoms with Gasteiger partial charge in [0.1, 0.15) is 5.02 Å². The fraction of sp³-hybridized carbons (Fsp3) is 0.292. The lowest BCUT2D eigenvalue weighted by molar-refractivity contribution is 0.0964. The Morgan fingerprint density at radius 3 is 2.79 bits per heavy atom. The zero-order valence-electron chi connectivity index (χ0n) is 19.2. The number of amides is 1. The summed E-state index contributed by atoms with van der Waals surface area (Å²) >= 11 is 6.34. The lowest BCUT2D eigenvalue weighted by atomic mass is 10.1. The van der Waals surface area contributed by atoms with E-state index >= 15 is 0 Å². The highest BCUT2D eigenvalue weighted by molar-refractivity contribution is 6.33. The standard InChI is InChI=1S/C24H28ClN7O2/c1-26-23(34)18-5-3-4-6-20(18)29-22-19(25)14-27-24(30-22)28-17-8-7-16-15-32(11-12-33)10-9-31(2)21(16)13-17/h3-8,13-14,33H,9-12,15H2,1-2H3,(H,26,34)(H2,27,28,29,30). The number of likely N-dealkylation sites (N-methyl/N-ethyl adjacent to an activating group) is 1. The molecule has 0 bridgehead atoms. The van der Waals surface area contributed by atoms with Crippen LogP contribution in [0, 0.1) is 0 Å². The maximum atomic E-state index is 12.2. The fourth-order valence-corrected chi connectivity index (χ4v) is 4.03. The molecule has 1 amide bonds. The number of para-hydroxylation sites is 1. The number of fused-ring (bicyclic) bond motifs is 1. The van der Waals surface area contributed by atoms with E-state index in [1.807, 2.05) is 12.1 Å². The largest absolute Gasteiger partial charge is 0.395 e. The van der Waals surface area contributed by atoms with Gasteiger partial charge in [-0.15, -0.1) is 0 Å². The Labute approximate surface area is 203 Å². The first kappa shape index (κ1) is 23.7. The third-order valence-electron chi connectivity index (χ3n) is 5.71. The first-order valence-electron chi connectivity index (χ1n) is 11.0. The van der Waals surface area contributed by atoms with Gasteiger partial charge in [0.2, 0.25) is 5.95 Å². The summed E-state index contributed by atoms with van der Waals surface area (Å²) in [6, 6.07) is 13.3. The minimum atomic E-state index is -0.210. The van der Waals surface area contributed by atoms with Gasteiger partial charge in [-0.25, -0.2) is 4.98 Å². The van der Waals surface area contributed by atoms with Crippen molar-refractivity contribution in [1.29, 1.82) is 0 Å². The molecule has 4 N–H and O–H groups in total. The van der Waals surface area contributed by atoms with E-state index in [0.717, 1.165) is 31.0 Å². The molecule has 0 radical (unpaired) electrons. The number of nitrogens with zero attached hydrogens (tertiary/aromatic N) is 4. The fourth-order valence-electron chi connectivity index (χ4n) is 3.89. The zero-order valence-corrected chi connectivity index (χ0v) is 19.9. The summed E-state index contributed by atoms with van der Waals surface area (Å²) in [5.74, 6) is 0.558. The van der Waals surface area contributed by atoms with Gasteiger partial charge in [0.05, 0.1) is 24.1 Å². The summed E-state index contributed by atoms with van der Waals surface area (Å²) in [5, 5.41) is 18.7. The average molecular weight is 482 g/mol. The van der Waals surface area contributed by atoms with Crippen molar-refractivity contribution < 1.29 is 9.90 Å². The Hall–Kier alpha value is -3.40. The summed E-state index contributed by atoms with van der Waals surface area (Å²) in [7, 11) is 3.65. The Bertz CT molecular complexity index is 1170. The highest BCUT2D eigenvalue weighted by Crippen LogP contribution is 2.30. The van der Waals surface area contributed by atoms with Gasteiger partial charge in [-0.2, -0.15) is 4.98 Å². The Balaban J connectivity index is 1.56. The van der Waals surface area contributed by atoms with Crippen LogP contribution in [-0.4, -0.2) is 66.2 Å². The number of carbonyl (C=O) groups is 1. The Morgan fingerprint density at radius 2 is 2.00 bits per heavy atom. The summed E-state index contributed by atoms with van der Waals surface area (Å²) in [5.41, 5.74) is 4.24. The maximum Gasteiger partial charge on any atom is 0.253 e. The van der Waals surface area contributed by atoms with Gasteiger partial charge in [0.15, 0.2) is 5.82 Å². The summed E-state index contributed by atoms with van der Waals surface area (Å²) in [4.78, 5) is 25.5. The number of hydrogen-bond acceptors (Lipinski definition) is 8. The SMILES string of the molecule is CNC(=O)c1ccccc1Nc1nc(Nc2ccc3c(c2)N(C)CCN(CCO)C3)ncc1Cl. The quantitative estimate of drug-likeness (QED) is 0.407. The van der Waals surface area contributed by atoms with Crippen LogP contribution in [0.2, 0.25) is 5.02 Å². The molecule has 0 spiro atoms. The molecule has 178 valence electrons. The third kappa shape index (κ3) is 5.39. The van der Waals surface area contributed by atoms with E-state index in [1.54, 1.807) is 25.2 Å². The molecule has 2 aromatic carbocycles. The highest BCUT2D eigenvalue weighted by atomic mass is 35.5. The summed E-state index contributed by atoms with van der Waals surface area (Å²) in [6.07, 6.45) is 1.52. The molecule has 9 nitrogen and oxygen atoms in total. The van der Waals surface area contributed by atoms with Gasteiger partial charge in [0.25, 0.3) is 5.91 Å². The van der Waals surface area contributed by atoms with Crippen LogP contribution in [0.1, 0.15) is 15.9 Å². The van der Waals surface area contributed by atoms with Crippen molar-refractivity contribution in [2.75, 3.05) is 55.9 Å². The normalized spacial score (nSPS) is 13.7. The molecule has 34 heavy (non-hydrogen) atoms. The van der Waals surface area contributed by atoms with E-state index < -0.39 is 0 Å². The van der Waals surface area contributed by atoms with Crippen molar-refractivity contribution >= 4 is 46.3 Å². The predicted octanol–water partition coefficient (Wildman–Crippen LogP) is 3.22. The first-order valence-corrected chi connectivity index (χ1v) is 11.4. The first-order chi connectivity index (χ1) is 16.5. The molecule has 1 aromatic heterocycles. The second-order valence-corrected chi connectivity index (χ2v) is 8.44. The van der Waals surface area contributed by atoms with E-state index in [0.29, 0.717) is 34.6 Å². The maximum absolute atomic E-state index is 12.2. The number of β-amino-alcohol motifs (C(OH)–C–C–N with tert-alkyl or cyclic N) is 1. The number of rotatable bonds is 7. The number of aromatic nitrogens is 2. The lowest BCUT2D eigenvalue weighted by Gasteiger charge is -2.20. The topological polar surface area (TPSA) is 106 Å². The number of carbonyl (C=O) groups excluding carboxylic acids is 1. The van der Waals surface area contributed by atoms with Crippen molar-refractivity contribution in [1.82, 2.24) is 20.2 Å². The second kappa shape index (κ2) is 10.7. The molecule has 1 aliphatic rings. The molecule has 0 saturated heterocycles. The van der Waals surface area contributed by atoms with E-state index in [1.165, 1.54) is 11.8 Å².